The Balaban J connectivity index is 2.88. The van der Waals surface area contributed by atoms with Crippen LogP contribution < -0.4 is 0 Å². The van der Waals surface area contributed by atoms with Gasteiger partial charge in [-0.2, -0.15) is 0 Å². The van der Waals surface area contributed by atoms with Crippen molar-refractivity contribution >= 4 is 7.60 Å². The van der Waals surface area contributed by atoms with Crippen LogP contribution in [0.5, 0.6) is 0 Å². The minimum Gasteiger partial charge on any atom is -0.361 e. The number of hydrogen-bond acceptors (Lipinski definition) is 4. The van der Waals surface area contributed by atoms with Gasteiger partial charge in [0, 0.05) is 0 Å². The number of halogens is 5. The van der Waals surface area contributed by atoms with E-state index in [-0.39, 0.29) is 19.6 Å². The van der Waals surface area contributed by atoms with Crippen molar-refractivity contribution in [3.05, 3.63) is 34.6 Å². The first-order valence-electron chi connectivity index (χ1n) is 11.2. The predicted molar refractivity (Wildman–Crippen MR) is 113 cm³/mol. The van der Waals surface area contributed by atoms with E-state index < -0.39 is 54.7 Å². The van der Waals surface area contributed by atoms with Gasteiger partial charge >= 0.3 is 7.60 Å². The fourth-order valence-corrected chi connectivity index (χ4v) is 5.19. The number of benzene rings is 1. The van der Waals surface area contributed by atoms with Gasteiger partial charge in [-0.25, -0.2) is 22.0 Å². The molecular formula is C22H34F5O4P. The SMILES string of the molecule is CCCCCCCCCCC(OCc1c(F)c(F)c(F)c(F)c1F)P(=O)(OCC)OCC. The Kier molecular flexibility index (Phi) is 13.6. The molecule has 0 aliphatic carbocycles. The van der Waals surface area contributed by atoms with E-state index >= 15 is 0 Å². The summed E-state index contributed by atoms with van der Waals surface area (Å²) in [6.07, 6.45) is 8.27. The van der Waals surface area contributed by atoms with Crippen molar-refractivity contribution in [1.29, 1.82) is 0 Å². The van der Waals surface area contributed by atoms with Gasteiger partial charge in [0.05, 0.1) is 25.4 Å². The summed E-state index contributed by atoms with van der Waals surface area (Å²) < 4.78 is 97.4. The highest BCUT2D eigenvalue weighted by Gasteiger charge is 2.37. The van der Waals surface area contributed by atoms with Gasteiger partial charge in [-0.1, -0.05) is 58.3 Å². The van der Waals surface area contributed by atoms with Crippen LogP contribution in [0.1, 0.15) is 84.1 Å². The van der Waals surface area contributed by atoms with Crippen LogP contribution in [-0.2, 0) is 25.0 Å². The second-order valence-electron chi connectivity index (χ2n) is 7.45. The highest BCUT2D eigenvalue weighted by atomic mass is 31.2. The van der Waals surface area contributed by atoms with Gasteiger partial charge in [-0.15, -0.1) is 0 Å². The molecule has 0 saturated carbocycles. The Morgan fingerprint density at radius 3 is 1.59 bits per heavy atom. The third-order valence-corrected chi connectivity index (χ3v) is 7.35. The van der Waals surface area contributed by atoms with E-state index in [0.717, 1.165) is 32.1 Å². The van der Waals surface area contributed by atoms with Crippen molar-refractivity contribution in [1.82, 2.24) is 0 Å². The third kappa shape index (κ3) is 8.40. The monoisotopic (exact) mass is 488 g/mol. The van der Waals surface area contributed by atoms with E-state index in [1.165, 1.54) is 12.8 Å². The largest absolute Gasteiger partial charge is 0.361 e. The maximum absolute atomic E-state index is 14.0. The maximum Gasteiger partial charge on any atom is 0.359 e. The molecule has 0 spiro atoms. The molecule has 0 N–H and O–H groups in total. The average Bonchev–Trinajstić information content (AvgIpc) is 2.76. The molecule has 0 saturated heterocycles. The highest BCUT2D eigenvalue weighted by Crippen LogP contribution is 2.55. The topological polar surface area (TPSA) is 44.8 Å². The van der Waals surface area contributed by atoms with Gasteiger partial charge in [0.1, 0.15) is 0 Å². The zero-order valence-corrected chi connectivity index (χ0v) is 19.9. The summed E-state index contributed by atoms with van der Waals surface area (Å²) in [4.78, 5) is 0. The van der Waals surface area contributed by atoms with E-state index in [9.17, 15) is 26.5 Å². The van der Waals surface area contributed by atoms with E-state index in [2.05, 4.69) is 6.92 Å². The molecule has 0 fully saturated rings. The summed E-state index contributed by atoms with van der Waals surface area (Å²) in [6, 6.07) is 0. The van der Waals surface area contributed by atoms with Crippen molar-refractivity contribution in [2.45, 2.75) is 91.0 Å². The first-order chi connectivity index (χ1) is 15.2. The van der Waals surface area contributed by atoms with E-state index in [1.807, 2.05) is 0 Å². The zero-order chi connectivity index (χ0) is 24.1. The normalized spacial score (nSPS) is 13.0. The lowest BCUT2D eigenvalue weighted by Gasteiger charge is -2.26. The first-order valence-corrected chi connectivity index (χ1v) is 12.8. The fraction of sp³-hybridized carbons (Fsp3) is 0.727. The van der Waals surface area contributed by atoms with Crippen molar-refractivity contribution in [2.24, 2.45) is 0 Å². The summed E-state index contributed by atoms with van der Waals surface area (Å²) in [6.45, 7) is 4.46. The predicted octanol–water partition coefficient (Wildman–Crippen LogP) is 8.02. The molecule has 0 aliphatic heterocycles. The number of unbranched alkanes of at least 4 members (excludes halogenated alkanes) is 7. The molecular weight excluding hydrogens is 454 g/mol. The minimum atomic E-state index is -3.83. The van der Waals surface area contributed by atoms with Crippen LogP contribution in [0.2, 0.25) is 0 Å². The lowest BCUT2D eigenvalue weighted by molar-refractivity contribution is 0.0495. The molecule has 186 valence electrons. The second kappa shape index (κ2) is 15.0. The van der Waals surface area contributed by atoms with E-state index in [0.29, 0.717) is 6.42 Å². The summed E-state index contributed by atoms with van der Waals surface area (Å²) in [5.41, 5.74) is -1.12. The molecule has 0 amide bonds. The summed E-state index contributed by atoms with van der Waals surface area (Å²) in [7, 11) is -3.83. The van der Waals surface area contributed by atoms with Gasteiger partial charge in [-0.05, 0) is 20.3 Å². The van der Waals surface area contributed by atoms with Gasteiger partial charge in [0.25, 0.3) is 0 Å². The van der Waals surface area contributed by atoms with E-state index in [1.54, 1.807) is 13.8 Å². The molecule has 1 atom stereocenters. The van der Waals surface area contributed by atoms with Gasteiger partial charge in [-0.3, -0.25) is 4.57 Å². The Morgan fingerprint density at radius 2 is 1.12 bits per heavy atom. The molecule has 1 unspecified atom stereocenters. The smallest absolute Gasteiger partial charge is 0.359 e. The molecule has 4 nitrogen and oxygen atoms in total. The summed E-state index contributed by atoms with van der Waals surface area (Å²) >= 11 is 0. The van der Waals surface area contributed by atoms with Crippen LogP contribution in [0.15, 0.2) is 0 Å². The molecule has 0 heterocycles. The maximum atomic E-state index is 14.0. The average molecular weight is 488 g/mol. The Bertz CT molecular complexity index is 709. The Morgan fingerprint density at radius 1 is 0.688 bits per heavy atom. The molecule has 1 aromatic rings. The zero-order valence-electron chi connectivity index (χ0n) is 19.0. The van der Waals surface area contributed by atoms with Crippen LogP contribution in [-0.4, -0.2) is 19.1 Å². The van der Waals surface area contributed by atoms with Gasteiger partial charge < -0.3 is 13.8 Å². The van der Waals surface area contributed by atoms with Crippen molar-refractivity contribution in [3.63, 3.8) is 0 Å². The highest BCUT2D eigenvalue weighted by molar-refractivity contribution is 7.54. The minimum absolute atomic E-state index is 0.0388. The lowest BCUT2D eigenvalue weighted by atomic mass is 10.1. The van der Waals surface area contributed by atoms with Crippen molar-refractivity contribution < 1.29 is 40.3 Å². The lowest BCUT2D eigenvalue weighted by Crippen LogP contribution is -2.19. The Labute approximate surface area is 187 Å². The molecule has 1 rings (SSSR count). The van der Waals surface area contributed by atoms with Crippen molar-refractivity contribution in [2.75, 3.05) is 13.2 Å². The van der Waals surface area contributed by atoms with E-state index in [4.69, 9.17) is 13.8 Å². The summed E-state index contributed by atoms with van der Waals surface area (Å²) in [5, 5.41) is 0. The molecule has 0 aliphatic rings. The van der Waals surface area contributed by atoms with Crippen LogP contribution >= 0.6 is 7.60 Å². The summed E-state index contributed by atoms with van der Waals surface area (Å²) in [5.74, 6) is -11.5. The fourth-order valence-electron chi connectivity index (χ4n) is 3.31. The molecule has 1 aromatic carbocycles. The number of hydrogen-bond donors (Lipinski definition) is 0. The standard InChI is InChI=1S/C22H34F5O4P/c1-4-7-8-9-10-11-12-13-14-17(32(28,30-5-2)31-6-3)29-15-16-18(23)20(25)22(27)21(26)19(16)24/h17H,4-15H2,1-3H3. The number of ether oxygens (including phenoxy) is 1. The molecule has 10 heteroatoms. The molecule has 0 bridgehead atoms. The second-order valence-corrected chi connectivity index (χ2v) is 9.63. The number of rotatable bonds is 17. The van der Waals surface area contributed by atoms with Gasteiger partial charge in [0.15, 0.2) is 29.1 Å². The van der Waals surface area contributed by atoms with Crippen LogP contribution in [0.4, 0.5) is 22.0 Å². The van der Waals surface area contributed by atoms with Crippen LogP contribution in [0.3, 0.4) is 0 Å². The quantitative estimate of drug-likeness (QED) is 0.0732. The molecule has 0 aromatic heterocycles. The van der Waals surface area contributed by atoms with Crippen LogP contribution in [0, 0.1) is 29.1 Å². The first kappa shape index (κ1) is 29.0. The van der Waals surface area contributed by atoms with Crippen molar-refractivity contribution in [3.8, 4) is 0 Å². The van der Waals surface area contributed by atoms with Crippen LogP contribution in [0.25, 0.3) is 0 Å². The Hall–Kier alpha value is -1.02. The third-order valence-electron chi connectivity index (χ3n) is 5.00. The molecule has 32 heavy (non-hydrogen) atoms. The molecule has 0 radical (unpaired) electrons. The van der Waals surface area contributed by atoms with Gasteiger partial charge in [0.2, 0.25) is 5.82 Å².